The van der Waals surface area contributed by atoms with Crippen LogP contribution < -0.4 is 5.73 Å². The first-order chi connectivity index (χ1) is 8.75. The maximum atomic E-state index is 12.4. The highest BCUT2D eigenvalue weighted by atomic mass is 32.2. The van der Waals surface area contributed by atoms with Crippen molar-refractivity contribution in [2.45, 2.75) is 30.7 Å². The highest BCUT2D eigenvalue weighted by Crippen LogP contribution is 2.34. The summed E-state index contributed by atoms with van der Waals surface area (Å²) in [4.78, 5) is 10.1. The number of rotatable bonds is 4. The monoisotopic (exact) mass is 285 g/mol. The van der Waals surface area contributed by atoms with Crippen molar-refractivity contribution in [1.82, 2.24) is 4.31 Å². The predicted molar refractivity (Wildman–Crippen MR) is 70.2 cm³/mol. The molecule has 7 nitrogen and oxygen atoms in total. The molecule has 0 saturated heterocycles. The Kier molecular flexibility index (Phi) is 3.23. The number of nitrogen functional groups attached to an aromatic ring is 1. The number of nitro groups is 1. The zero-order chi connectivity index (χ0) is 14.4. The van der Waals surface area contributed by atoms with Crippen molar-refractivity contribution in [3.63, 3.8) is 0 Å². The largest absolute Gasteiger partial charge is 0.393 e. The molecule has 2 N–H and O–H groups in total. The number of sulfonamides is 1. The van der Waals surface area contributed by atoms with Gasteiger partial charge >= 0.3 is 0 Å². The van der Waals surface area contributed by atoms with Crippen LogP contribution in [0.4, 0.5) is 11.4 Å². The molecule has 1 fully saturated rings. The van der Waals surface area contributed by atoms with Gasteiger partial charge in [-0.25, -0.2) is 8.42 Å². The van der Waals surface area contributed by atoms with Gasteiger partial charge in [0.05, 0.1) is 9.82 Å². The Morgan fingerprint density at radius 3 is 2.47 bits per heavy atom. The summed E-state index contributed by atoms with van der Waals surface area (Å²) in [5.41, 5.74) is 5.53. The molecular weight excluding hydrogens is 270 g/mol. The molecular formula is C11H15N3O4S. The summed E-state index contributed by atoms with van der Waals surface area (Å²) in [5, 5.41) is 10.8. The molecule has 0 radical (unpaired) electrons. The van der Waals surface area contributed by atoms with E-state index in [2.05, 4.69) is 0 Å². The Hall–Kier alpha value is -1.67. The molecule has 0 aromatic heterocycles. The van der Waals surface area contributed by atoms with Crippen molar-refractivity contribution in [3.05, 3.63) is 27.8 Å². The third-order valence-electron chi connectivity index (χ3n) is 3.24. The van der Waals surface area contributed by atoms with Crippen molar-refractivity contribution in [3.8, 4) is 0 Å². The van der Waals surface area contributed by atoms with Crippen molar-refractivity contribution in [1.29, 1.82) is 0 Å². The molecule has 0 atom stereocenters. The highest BCUT2D eigenvalue weighted by Gasteiger charge is 2.36. The van der Waals surface area contributed by atoms with Crippen molar-refractivity contribution < 1.29 is 13.3 Å². The van der Waals surface area contributed by atoms with E-state index in [0.717, 1.165) is 18.9 Å². The summed E-state index contributed by atoms with van der Waals surface area (Å²) in [6.45, 7) is 1.58. The maximum Gasteiger partial charge on any atom is 0.293 e. The first-order valence-electron chi connectivity index (χ1n) is 5.77. The fourth-order valence-electron chi connectivity index (χ4n) is 1.93. The number of hydrogen-bond acceptors (Lipinski definition) is 5. The molecule has 0 amide bonds. The van der Waals surface area contributed by atoms with E-state index < -0.39 is 14.9 Å². The lowest BCUT2D eigenvalue weighted by Gasteiger charge is -2.18. The average Bonchev–Trinajstić information content (AvgIpc) is 3.10. The van der Waals surface area contributed by atoms with Crippen molar-refractivity contribution >= 4 is 21.4 Å². The van der Waals surface area contributed by atoms with Gasteiger partial charge in [-0.15, -0.1) is 0 Å². The molecule has 8 heteroatoms. The average molecular weight is 285 g/mol. The molecule has 0 unspecified atom stereocenters. The lowest BCUT2D eigenvalue weighted by molar-refractivity contribution is -0.384. The second-order valence-electron chi connectivity index (χ2n) is 4.69. The van der Waals surface area contributed by atoms with Crippen LogP contribution in [0.1, 0.15) is 18.4 Å². The van der Waals surface area contributed by atoms with Crippen LogP contribution in [0, 0.1) is 17.0 Å². The van der Waals surface area contributed by atoms with Gasteiger partial charge < -0.3 is 5.73 Å². The normalized spacial score (nSPS) is 15.7. The number of nitrogens with two attached hydrogens (primary N) is 1. The van der Waals surface area contributed by atoms with Crippen LogP contribution in [-0.2, 0) is 10.0 Å². The number of anilines is 1. The van der Waals surface area contributed by atoms with Crippen LogP contribution in [0.5, 0.6) is 0 Å². The third kappa shape index (κ3) is 2.41. The van der Waals surface area contributed by atoms with E-state index in [0.29, 0.717) is 5.56 Å². The number of benzene rings is 1. The smallest absolute Gasteiger partial charge is 0.293 e. The van der Waals surface area contributed by atoms with E-state index in [-0.39, 0.29) is 22.3 Å². The van der Waals surface area contributed by atoms with Gasteiger partial charge in [-0.1, -0.05) is 0 Å². The van der Waals surface area contributed by atoms with Gasteiger partial charge in [0.15, 0.2) is 0 Å². The summed E-state index contributed by atoms with van der Waals surface area (Å²) < 4.78 is 26.0. The Morgan fingerprint density at radius 2 is 2.00 bits per heavy atom. The standard InChI is InChI=1S/C11H15N3O4S/c1-7-5-9(12)10(14(15)16)6-11(7)19(17,18)13(2)8-3-4-8/h5-6,8H,3-4,12H2,1-2H3. The van der Waals surface area contributed by atoms with Crippen molar-refractivity contribution in [2.75, 3.05) is 12.8 Å². The van der Waals surface area contributed by atoms with Crippen LogP contribution in [0.15, 0.2) is 17.0 Å². The van der Waals surface area contributed by atoms with E-state index in [1.54, 1.807) is 6.92 Å². The lowest BCUT2D eigenvalue weighted by Crippen LogP contribution is -2.29. The van der Waals surface area contributed by atoms with Crippen LogP contribution in [0.3, 0.4) is 0 Å². The number of nitrogens with zero attached hydrogens (tertiary/aromatic N) is 2. The first-order valence-corrected chi connectivity index (χ1v) is 7.21. The van der Waals surface area contributed by atoms with Crippen LogP contribution >= 0.6 is 0 Å². The summed E-state index contributed by atoms with van der Waals surface area (Å²) >= 11 is 0. The molecule has 1 aromatic carbocycles. The summed E-state index contributed by atoms with van der Waals surface area (Å²) in [6, 6.07) is 2.37. The molecule has 0 bridgehead atoms. The zero-order valence-electron chi connectivity index (χ0n) is 10.7. The second-order valence-corrected chi connectivity index (χ2v) is 6.65. The quantitative estimate of drug-likeness (QED) is 0.509. The Labute approximate surface area is 111 Å². The van der Waals surface area contributed by atoms with E-state index in [9.17, 15) is 18.5 Å². The molecule has 0 spiro atoms. The second kappa shape index (κ2) is 4.46. The topological polar surface area (TPSA) is 107 Å². The Bertz CT molecular complexity index is 638. The molecule has 0 heterocycles. The maximum absolute atomic E-state index is 12.4. The number of hydrogen-bond donors (Lipinski definition) is 1. The molecule has 104 valence electrons. The fourth-order valence-corrected chi connectivity index (χ4v) is 3.57. The minimum Gasteiger partial charge on any atom is -0.393 e. The first kappa shape index (κ1) is 13.8. The molecule has 0 aliphatic heterocycles. The summed E-state index contributed by atoms with van der Waals surface area (Å²) in [5.74, 6) is 0. The van der Waals surface area contributed by atoms with Gasteiger partial charge in [0.2, 0.25) is 10.0 Å². The molecule has 2 rings (SSSR count). The number of aryl methyl sites for hydroxylation is 1. The number of nitro benzene ring substituents is 1. The molecule has 1 aliphatic carbocycles. The van der Waals surface area contributed by atoms with E-state index in [1.165, 1.54) is 17.4 Å². The predicted octanol–water partition coefficient (Wildman–Crippen LogP) is 1.27. The van der Waals surface area contributed by atoms with E-state index >= 15 is 0 Å². The lowest BCUT2D eigenvalue weighted by atomic mass is 10.2. The summed E-state index contributed by atoms with van der Waals surface area (Å²) in [6.07, 6.45) is 1.65. The van der Waals surface area contributed by atoms with E-state index in [1.807, 2.05) is 0 Å². The van der Waals surface area contributed by atoms with Gasteiger partial charge in [-0.05, 0) is 31.4 Å². The van der Waals surface area contributed by atoms with Gasteiger partial charge in [0, 0.05) is 19.2 Å². The SMILES string of the molecule is Cc1cc(N)c([N+](=O)[O-])cc1S(=O)(=O)N(C)C1CC1. The molecule has 1 aromatic rings. The zero-order valence-corrected chi connectivity index (χ0v) is 11.5. The van der Waals surface area contributed by atoms with Crippen LogP contribution in [0.2, 0.25) is 0 Å². The van der Waals surface area contributed by atoms with Crippen LogP contribution in [-0.4, -0.2) is 30.7 Å². The minimum absolute atomic E-state index is 0.000934. The van der Waals surface area contributed by atoms with Gasteiger partial charge in [-0.2, -0.15) is 4.31 Å². The molecule has 1 saturated carbocycles. The van der Waals surface area contributed by atoms with Gasteiger partial charge in [0.1, 0.15) is 5.69 Å². The minimum atomic E-state index is -3.71. The van der Waals surface area contributed by atoms with Gasteiger partial charge in [-0.3, -0.25) is 10.1 Å². The fraction of sp³-hybridized carbons (Fsp3) is 0.455. The molecule has 1 aliphatic rings. The van der Waals surface area contributed by atoms with Crippen LogP contribution in [0.25, 0.3) is 0 Å². The summed E-state index contributed by atoms with van der Waals surface area (Å²) in [7, 11) is -2.21. The van der Waals surface area contributed by atoms with Gasteiger partial charge in [0.25, 0.3) is 5.69 Å². The highest BCUT2D eigenvalue weighted by molar-refractivity contribution is 7.89. The van der Waals surface area contributed by atoms with Crippen molar-refractivity contribution in [2.24, 2.45) is 0 Å². The Balaban J connectivity index is 2.55. The third-order valence-corrected chi connectivity index (χ3v) is 5.29. The Morgan fingerprint density at radius 1 is 1.42 bits per heavy atom. The molecule has 19 heavy (non-hydrogen) atoms. The van der Waals surface area contributed by atoms with E-state index in [4.69, 9.17) is 5.73 Å².